The van der Waals surface area contributed by atoms with Crippen molar-refractivity contribution >= 4 is 15.8 Å². The highest BCUT2D eigenvalue weighted by Gasteiger charge is 2.06. The molecule has 0 aromatic carbocycles. The predicted molar refractivity (Wildman–Crippen MR) is 93.4 cm³/mol. The number of ether oxygens (including phenoxy) is 1. The lowest BCUT2D eigenvalue weighted by Gasteiger charge is -2.01. The van der Waals surface area contributed by atoms with E-state index in [4.69, 9.17) is 0 Å². The Balaban J connectivity index is 0. The zero-order valence-electron chi connectivity index (χ0n) is 14.6. The van der Waals surface area contributed by atoms with Crippen LogP contribution in [0.4, 0.5) is 0 Å². The largest absolute Gasteiger partial charge is 0.466 e. The van der Waals surface area contributed by atoms with Gasteiger partial charge in [0.05, 0.1) is 7.11 Å². The molecule has 0 aromatic heterocycles. The summed E-state index contributed by atoms with van der Waals surface area (Å²) in [5.41, 5.74) is 0.584. The standard InChI is InChI=1S/C9H16O2.C8H16O2S/c1-4-5-6-7-8(2)9(10)11-3;1-4-5-6-7-8(2)11(3,9)10/h2*2,4-7H2,1,3H3. The van der Waals surface area contributed by atoms with Crippen LogP contribution in [0.25, 0.3) is 0 Å². The number of methoxy groups -OCH3 is 1. The Hall–Kier alpha value is -1.10. The van der Waals surface area contributed by atoms with Crippen LogP contribution in [0, 0.1) is 0 Å². The van der Waals surface area contributed by atoms with Crippen LogP contribution in [0.3, 0.4) is 0 Å². The third-order valence-corrected chi connectivity index (χ3v) is 4.39. The second-order valence-electron chi connectivity index (χ2n) is 5.32. The van der Waals surface area contributed by atoms with E-state index >= 15 is 0 Å². The number of esters is 1. The molecule has 0 saturated heterocycles. The molecule has 0 unspecified atom stereocenters. The molecule has 0 radical (unpaired) electrons. The lowest BCUT2D eigenvalue weighted by atomic mass is 10.1. The minimum Gasteiger partial charge on any atom is -0.466 e. The molecule has 5 heteroatoms. The van der Waals surface area contributed by atoms with E-state index in [2.05, 4.69) is 31.7 Å². The highest BCUT2D eigenvalue weighted by Crippen LogP contribution is 2.11. The Kier molecular flexibility index (Phi) is 14.3. The van der Waals surface area contributed by atoms with Crippen molar-refractivity contribution in [2.24, 2.45) is 0 Å². The van der Waals surface area contributed by atoms with E-state index in [1.54, 1.807) is 0 Å². The first kappa shape index (κ1) is 23.2. The summed E-state index contributed by atoms with van der Waals surface area (Å²) >= 11 is 0. The molecule has 0 N–H and O–H groups in total. The Bertz CT molecular complexity index is 436. The highest BCUT2D eigenvalue weighted by molar-refractivity contribution is 7.94. The van der Waals surface area contributed by atoms with Crippen molar-refractivity contribution < 1.29 is 17.9 Å². The van der Waals surface area contributed by atoms with Crippen LogP contribution >= 0.6 is 0 Å². The highest BCUT2D eigenvalue weighted by atomic mass is 32.2. The van der Waals surface area contributed by atoms with Crippen LogP contribution in [0.1, 0.15) is 65.2 Å². The fourth-order valence-corrected chi connectivity index (χ4v) is 2.11. The van der Waals surface area contributed by atoms with Crippen molar-refractivity contribution in [1.29, 1.82) is 0 Å². The molecule has 22 heavy (non-hydrogen) atoms. The second kappa shape index (κ2) is 13.6. The number of rotatable bonds is 10. The van der Waals surface area contributed by atoms with Crippen molar-refractivity contribution in [3.8, 4) is 0 Å². The van der Waals surface area contributed by atoms with E-state index < -0.39 is 9.84 Å². The van der Waals surface area contributed by atoms with E-state index in [1.807, 2.05) is 0 Å². The van der Waals surface area contributed by atoms with Gasteiger partial charge >= 0.3 is 5.97 Å². The molecule has 0 aliphatic rings. The fourth-order valence-electron chi connectivity index (χ4n) is 1.59. The van der Waals surface area contributed by atoms with Crippen molar-refractivity contribution in [1.82, 2.24) is 0 Å². The van der Waals surface area contributed by atoms with Gasteiger partial charge in [0.2, 0.25) is 0 Å². The molecular weight excluding hydrogens is 300 g/mol. The van der Waals surface area contributed by atoms with Gasteiger partial charge in [0.25, 0.3) is 0 Å². The first-order valence-corrected chi connectivity index (χ1v) is 9.73. The molecule has 0 spiro atoms. The van der Waals surface area contributed by atoms with E-state index in [1.165, 1.54) is 13.4 Å². The lowest BCUT2D eigenvalue weighted by molar-refractivity contribution is -0.136. The molecule has 0 atom stereocenters. The quantitative estimate of drug-likeness (QED) is 0.337. The summed E-state index contributed by atoms with van der Waals surface area (Å²) in [6.07, 6.45) is 9.05. The maximum absolute atomic E-state index is 10.8. The Morgan fingerprint density at radius 2 is 1.41 bits per heavy atom. The molecule has 0 aliphatic carbocycles. The van der Waals surface area contributed by atoms with Crippen molar-refractivity contribution in [2.75, 3.05) is 13.4 Å². The summed E-state index contributed by atoms with van der Waals surface area (Å²) in [5.74, 6) is -0.277. The Labute approximate surface area is 136 Å². The molecule has 130 valence electrons. The average Bonchev–Trinajstić information content (AvgIpc) is 2.46. The second-order valence-corrected chi connectivity index (χ2v) is 7.44. The van der Waals surface area contributed by atoms with Gasteiger partial charge in [-0.3, -0.25) is 0 Å². The number of unbranched alkanes of at least 4 members (excludes halogenated alkanes) is 4. The van der Waals surface area contributed by atoms with Gasteiger partial charge in [-0.15, -0.1) is 0 Å². The first-order valence-electron chi connectivity index (χ1n) is 7.84. The Morgan fingerprint density at radius 1 is 0.955 bits per heavy atom. The van der Waals surface area contributed by atoms with Crippen LogP contribution in [-0.2, 0) is 19.4 Å². The smallest absolute Gasteiger partial charge is 0.333 e. The van der Waals surface area contributed by atoms with Gasteiger partial charge in [-0.05, 0) is 25.7 Å². The SMILES string of the molecule is C=C(CCCCC)C(=O)OC.C=C(CCCCC)S(C)(=O)=O. The molecule has 0 amide bonds. The minimum atomic E-state index is -2.98. The van der Waals surface area contributed by atoms with Gasteiger partial charge in [0.1, 0.15) is 0 Å². The number of allylic oxidation sites excluding steroid dienone is 1. The van der Waals surface area contributed by atoms with Crippen LogP contribution in [0.2, 0.25) is 0 Å². The summed E-state index contributed by atoms with van der Waals surface area (Å²) in [6, 6.07) is 0. The average molecular weight is 333 g/mol. The molecule has 0 aliphatic heterocycles. The van der Waals surface area contributed by atoms with Gasteiger partial charge in [0.15, 0.2) is 9.84 Å². The number of sulfone groups is 1. The summed E-state index contributed by atoms with van der Waals surface area (Å²) in [6.45, 7) is 11.3. The van der Waals surface area contributed by atoms with Crippen LogP contribution in [0.15, 0.2) is 23.6 Å². The van der Waals surface area contributed by atoms with Crippen molar-refractivity contribution in [3.05, 3.63) is 23.6 Å². The molecule has 0 aromatic rings. The van der Waals surface area contributed by atoms with Crippen molar-refractivity contribution in [3.63, 3.8) is 0 Å². The van der Waals surface area contributed by atoms with E-state index in [0.29, 0.717) is 16.9 Å². The minimum absolute atomic E-state index is 0.277. The van der Waals surface area contributed by atoms with Crippen molar-refractivity contribution in [2.45, 2.75) is 65.2 Å². The topological polar surface area (TPSA) is 60.4 Å². The van der Waals surface area contributed by atoms with Gasteiger partial charge in [-0.1, -0.05) is 52.7 Å². The predicted octanol–water partition coefficient (Wildman–Crippen LogP) is 4.42. The van der Waals surface area contributed by atoms with Crippen LogP contribution < -0.4 is 0 Å². The number of hydrogen-bond acceptors (Lipinski definition) is 4. The number of hydrogen-bond donors (Lipinski definition) is 0. The zero-order chi connectivity index (χ0) is 17.6. The van der Waals surface area contributed by atoms with Gasteiger partial charge in [0, 0.05) is 16.7 Å². The normalized spacial score (nSPS) is 10.4. The number of carbonyl (C=O) groups is 1. The summed E-state index contributed by atoms with van der Waals surface area (Å²) in [7, 11) is -1.60. The monoisotopic (exact) mass is 332 g/mol. The van der Waals surface area contributed by atoms with E-state index in [-0.39, 0.29) is 5.97 Å². The van der Waals surface area contributed by atoms with Crippen LogP contribution in [0.5, 0.6) is 0 Å². The summed E-state index contributed by atoms with van der Waals surface area (Å²) < 4.78 is 26.2. The van der Waals surface area contributed by atoms with Crippen LogP contribution in [-0.4, -0.2) is 27.8 Å². The zero-order valence-corrected chi connectivity index (χ0v) is 15.4. The van der Waals surface area contributed by atoms with E-state index in [9.17, 15) is 13.2 Å². The first-order chi connectivity index (χ1) is 10.2. The molecule has 4 nitrogen and oxygen atoms in total. The maximum Gasteiger partial charge on any atom is 0.333 e. The molecule has 0 fully saturated rings. The molecule has 0 saturated carbocycles. The van der Waals surface area contributed by atoms with Gasteiger partial charge in [-0.25, -0.2) is 13.2 Å². The fraction of sp³-hybridized carbons (Fsp3) is 0.706. The van der Waals surface area contributed by atoms with Gasteiger partial charge < -0.3 is 4.74 Å². The summed E-state index contributed by atoms with van der Waals surface area (Å²) in [4.78, 5) is 11.2. The Morgan fingerprint density at radius 3 is 1.77 bits per heavy atom. The third-order valence-electron chi connectivity index (χ3n) is 3.14. The molecule has 0 bridgehead atoms. The molecule has 0 rings (SSSR count). The van der Waals surface area contributed by atoms with E-state index in [0.717, 1.165) is 44.9 Å². The molecular formula is C17H32O4S. The molecule has 0 heterocycles. The maximum atomic E-state index is 10.8. The number of carbonyl (C=O) groups excluding carboxylic acids is 1. The summed E-state index contributed by atoms with van der Waals surface area (Å²) in [5, 5.41) is 0. The lowest BCUT2D eigenvalue weighted by Crippen LogP contribution is -2.03. The third kappa shape index (κ3) is 13.9. The van der Waals surface area contributed by atoms with Gasteiger partial charge in [-0.2, -0.15) is 0 Å².